The first-order valence-electron chi connectivity index (χ1n) is 7.40. The number of carbonyl (C=O) groups excluding carboxylic acids is 1. The van der Waals surface area contributed by atoms with E-state index in [1.165, 1.54) is 12.1 Å². The van der Waals surface area contributed by atoms with Gasteiger partial charge in [0.2, 0.25) is 0 Å². The Bertz CT molecular complexity index is 774. The van der Waals surface area contributed by atoms with E-state index in [-0.39, 0.29) is 16.8 Å². The maximum atomic E-state index is 12.2. The predicted octanol–water partition coefficient (Wildman–Crippen LogP) is 2.25. The SMILES string of the molecule is COC[C@@H](C)NC(=O)c1ccc(NS(=O)(=O)c2ccccc2)cc1. The van der Waals surface area contributed by atoms with E-state index in [2.05, 4.69) is 10.0 Å². The third-order valence-corrected chi connectivity index (χ3v) is 4.64. The second-order valence-corrected chi connectivity index (χ2v) is 7.01. The molecule has 7 heteroatoms. The summed E-state index contributed by atoms with van der Waals surface area (Å²) in [5.74, 6) is -0.239. The number of methoxy groups -OCH3 is 1. The van der Waals surface area contributed by atoms with Crippen LogP contribution < -0.4 is 10.0 Å². The van der Waals surface area contributed by atoms with Crippen LogP contribution in [0.1, 0.15) is 17.3 Å². The predicted molar refractivity (Wildman–Crippen MR) is 92.5 cm³/mol. The van der Waals surface area contributed by atoms with Crippen LogP contribution in [0.15, 0.2) is 59.5 Å². The van der Waals surface area contributed by atoms with Gasteiger partial charge >= 0.3 is 0 Å². The van der Waals surface area contributed by atoms with Crippen LogP contribution in [0.5, 0.6) is 0 Å². The number of hydrogen-bond donors (Lipinski definition) is 2. The van der Waals surface area contributed by atoms with E-state index in [9.17, 15) is 13.2 Å². The van der Waals surface area contributed by atoms with Gasteiger partial charge in [-0.05, 0) is 43.3 Å². The molecule has 0 saturated heterocycles. The van der Waals surface area contributed by atoms with Crippen molar-refractivity contribution in [3.8, 4) is 0 Å². The molecule has 0 radical (unpaired) electrons. The molecule has 0 saturated carbocycles. The molecule has 128 valence electrons. The van der Waals surface area contributed by atoms with Crippen LogP contribution in [-0.4, -0.2) is 34.1 Å². The lowest BCUT2D eigenvalue weighted by molar-refractivity contribution is 0.0905. The molecule has 0 spiro atoms. The number of rotatable bonds is 7. The van der Waals surface area contributed by atoms with Gasteiger partial charge in [-0.25, -0.2) is 8.42 Å². The van der Waals surface area contributed by atoms with Gasteiger partial charge < -0.3 is 10.1 Å². The highest BCUT2D eigenvalue weighted by Gasteiger charge is 2.14. The number of anilines is 1. The number of carbonyl (C=O) groups is 1. The fourth-order valence-corrected chi connectivity index (χ4v) is 3.18. The van der Waals surface area contributed by atoms with Gasteiger partial charge in [-0.2, -0.15) is 0 Å². The molecule has 0 aromatic heterocycles. The van der Waals surface area contributed by atoms with Crippen molar-refractivity contribution in [2.45, 2.75) is 17.9 Å². The Balaban J connectivity index is 2.06. The van der Waals surface area contributed by atoms with Gasteiger partial charge in [-0.1, -0.05) is 18.2 Å². The lowest BCUT2D eigenvalue weighted by Gasteiger charge is -2.13. The zero-order chi connectivity index (χ0) is 17.6. The maximum Gasteiger partial charge on any atom is 0.261 e. The molecule has 0 aliphatic heterocycles. The van der Waals surface area contributed by atoms with Gasteiger partial charge in [0.05, 0.1) is 11.5 Å². The zero-order valence-electron chi connectivity index (χ0n) is 13.5. The molecule has 2 rings (SSSR count). The van der Waals surface area contributed by atoms with E-state index < -0.39 is 10.0 Å². The topological polar surface area (TPSA) is 84.5 Å². The molecule has 0 bridgehead atoms. The van der Waals surface area contributed by atoms with E-state index in [0.717, 1.165) is 0 Å². The van der Waals surface area contributed by atoms with Crippen LogP contribution in [0.4, 0.5) is 5.69 Å². The summed E-state index contributed by atoms with van der Waals surface area (Å²) in [5.41, 5.74) is 0.834. The van der Waals surface area contributed by atoms with E-state index in [4.69, 9.17) is 4.74 Å². The van der Waals surface area contributed by atoms with Crippen molar-refractivity contribution in [1.29, 1.82) is 0 Å². The summed E-state index contributed by atoms with van der Waals surface area (Å²) in [4.78, 5) is 12.2. The third-order valence-electron chi connectivity index (χ3n) is 3.25. The molecule has 6 nitrogen and oxygen atoms in total. The number of amides is 1. The fourth-order valence-electron chi connectivity index (χ4n) is 2.10. The first-order chi connectivity index (χ1) is 11.4. The lowest BCUT2D eigenvalue weighted by Crippen LogP contribution is -2.35. The quantitative estimate of drug-likeness (QED) is 0.804. The summed E-state index contributed by atoms with van der Waals surface area (Å²) < 4.78 is 31.9. The van der Waals surface area contributed by atoms with E-state index in [1.807, 2.05) is 6.92 Å². The van der Waals surface area contributed by atoms with E-state index >= 15 is 0 Å². The smallest absolute Gasteiger partial charge is 0.261 e. The summed E-state index contributed by atoms with van der Waals surface area (Å²) in [6, 6.07) is 14.2. The highest BCUT2D eigenvalue weighted by Crippen LogP contribution is 2.16. The summed E-state index contributed by atoms with van der Waals surface area (Å²) >= 11 is 0. The molecule has 0 heterocycles. The van der Waals surface area contributed by atoms with E-state index in [0.29, 0.717) is 17.9 Å². The van der Waals surface area contributed by atoms with Crippen LogP contribution in [0.3, 0.4) is 0 Å². The van der Waals surface area contributed by atoms with Crippen LogP contribution in [0, 0.1) is 0 Å². The monoisotopic (exact) mass is 348 g/mol. The molecular weight excluding hydrogens is 328 g/mol. The Morgan fingerprint density at radius 3 is 2.29 bits per heavy atom. The number of hydrogen-bond acceptors (Lipinski definition) is 4. The zero-order valence-corrected chi connectivity index (χ0v) is 14.3. The van der Waals surface area contributed by atoms with Gasteiger partial charge in [0, 0.05) is 24.4 Å². The van der Waals surface area contributed by atoms with Crippen LogP contribution in [0.25, 0.3) is 0 Å². The van der Waals surface area contributed by atoms with Crippen LogP contribution in [-0.2, 0) is 14.8 Å². The largest absolute Gasteiger partial charge is 0.383 e. The van der Waals surface area contributed by atoms with Gasteiger partial charge in [-0.15, -0.1) is 0 Å². The standard InChI is InChI=1S/C17H20N2O4S/c1-13(12-23-2)18-17(20)14-8-10-15(11-9-14)19-24(21,22)16-6-4-3-5-7-16/h3-11,13,19H,12H2,1-2H3,(H,18,20)/t13-/m1/s1. The van der Waals surface area contributed by atoms with Crippen molar-refractivity contribution in [3.63, 3.8) is 0 Å². The Hall–Kier alpha value is -2.38. The van der Waals surface area contributed by atoms with Crippen molar-refractivity contribution >= 4 is 21.6 Å². The fraction of sp³-hybridized carbons (Fsp3) is 0.235. The molecule has 0 fully saturated rings. The van der Waals surface area contributed by atoms with Crippen LogP contribution in [0.2, 0.25) is 0 Å². The lowest BCUT2D eigenvalue weighted by atomic mass is 10.2. The molecule has 0 aliphatic rings. The molecule has 2 N–H and O–H groups in total. The second-order valence-electron chi connectivity index (χ2n) is 5.33. The first kappa shape index (κ1) is 18.0. The molecule has 24 heavy (non-hydrogen) atoms. The summed E-state index contributed by atoms with van der Waals surface area (Å²) in [6.45, 7) is 2.25. The molecule has 1 amide bonds. The summed E-state index contributed by atoms with van der Waals surface area (Å²) in [7, 11) is -2.07. The highest BCUT2D eigenvalue weighted by atomic mass is 32.2. The molecule has 2 aromatic carbocycles. The summed E-state index contributed by atoms with van der Waals surface area (Å²) in [5, 5.41) is 2.79. The minimum atomic E-state index is -3.64. The number of ether oxygens (including phenoxy) is 1. The molecule has 0 unspecified atom stereocenters. The first-order valence-corrected chi connectivity index (χ1v) is 8.88. The normalized spacial score (nSPS) is 12.4. The van der Waals surface area contributed by atoms with E-state index in [1.54, 1.807) is 49.6 Å². The maximum absolute atomic E-state index is 12.2. The second kappa shape index (κ2) is 7.94. The number of benzene rings is 2. The number of sulfonamides is 1. The Morgan fingerprint density at radius 2 is 1.71 bits per heavy atom. The van der Waals surface area contributed by atoms with Gasteiger partial charge in [0.15, 0.2) is 0 Å². The minimum absolute atomic E-state index is 0.112. The van der Waals surface area contributed by atoms with Crippen molar-refractivity contribution in [2.24, 2.45) is 0 Å². The minimum Gasteiger partial charge on any atom is -0.383 e. The van der Waals surface area contributed by atoms with Crippen LogP contribution >= 0.6 is 0 Å². The van der Waals surface area contributed by atoms with Crippen molar-refractivity contribution in [3.05, 3.63) is 60.2 Å². The molecule has 0 aliphatic carbocycles. The Morgan fingerprint density at radius 1 is 1.08 bits per heavy atom. The average Bonchev–Trinajstić information content (AvgIpc) is 2.56. The highest BCUT2D eigenvalue weighted by molar-refractivity contribution is 7.92. The van der Waals surface area contributed by atoms with Crippen molar-refractivity contribution in [1.82, 2.24) is 5.32 Å². The van der Waals surface area contributed by atoms with Gasteiger partial charge in [0.1, 0.15) is 0 Å². The Labute approximate surface area is 141 Å². The van der Waals surface area contributed by atoms with Gasteiger partial charge in [0.25, 0.3) is 15.9 Å². The third kappa shape index (κ3) is 4.81. The summed E-state index contributed by atoms with van der Waals surface area (Å²) in [6.07, 6.45) is 0. The van der Waals surface area contributed by atoms with Gasteiger partial charge in [-0.3, -0.25) is 9.52 Å². The van der Waals surface area contributed by atoms with Crippen molar-refractivity contribution in [2.75, 3.05) is 18.4 Å². The Kier molecular flexibility index (Phi) is 5.94. The number of nitrogens with one attached hydrogen (secondary N) is 2. The van der Waals surface area contributed by atoms with Crippen molar-refractivity contribution < 1.29 is 17.9 Å². The molecule has 1 atom stereocenters. The average molecular weight is 348 g/mol. The molecule has 2 aromatic rings. The molecular formula is C17H20N2O4S.